The molecule has 0 aliphatic carbocycles. The molecule has 0 aliphatic rings. The van der Waals surface area contributed by atoms with Crippen molar-refractivity contribution < 1.29 is 17.9 Å². The number of amides is 1. The van der Waals surface area contributed by atoms with Gasteiger partial charge < -0.3 is 10.1 Å². The molecule has 0 atom stereocenters. The number of benzene rings is 2. The number of ether oxygens (including phenoxy) is 1. The molecule has 2 N–H and O–H groups in total. The second-order valence-electron chi connectivity index (χ2n) is 4.89. The molecule has 0 unspecified atom stereocenters. The molecule has 0 bridgehead atoms. The quantitative estimate of drug-likeness (QED) is 0.735. The second-order valence-corrected chi connectivity index (χ2v) is 7.01. The van der Waals surface area contributed by atoms with Gasteiger partial charge in [-0.3, -0.25) is 9.52 Å². The van der Waals surface area contributed by atoms with Gasteiger partial charge in [-0.05, 0) is 42.5 Å². The van der Waals surface area contributed by atoms with E-state index in [1.54, 1.807) is 30.3 Å². The zero-order valence-electron chi connectivity index (χ0n) is 13.0. The zero-order valence-corrected chi connectivity index (χ0v) is 14.5. The maximum Gasteiger partial charge on any atom is 0.261 e. The van der Waals surface area contributed by atoms with Crippen LogP contribution in [0.15, 0.2) is 53.4 Å². The van der Waals surface area contributed by atoms with Crippen LogP contribution in [0.1, 0.15) is 10.4 Å². The molecule has 0 saturated heterocycles. The smallest absolute Gasteiger partial charge is 0.261 e. The lowest BCUT2D eigenvalue weighted by molar-refractivity contribution is 0.0937. The fourth-order valence-corrected chi connectivity index (χ4v) is 3.14. The summed E-state index contributed by atoms with van der Waals surface area (Å²) in [5.74, 6) is -0.365. The van der Waals surface area contributed by atoms with Gasteiger partial charge in [-0.1, -0.05) is 17.7 Å². The van der Waals surface area contributed by atoms with E-state index >= 15 is 0 Å². The molecule has 0 saturated carbocycles. The van der Waals surface area contributed by atoms with Crippen molar-refractivity contribution in [3.63, 3.8) is 0 Å². The molecule has 8 heteroatoms. The van der Waals surface area contributed by atoms with Crippen LogP contribution in [0.2, 0.25) is 5.02 Å². The number of methoxy groups -OCH3 is 1. The van der Waals surface area contributed by atoms with Gasteiger partial charge in [0, 0.05) is 29.9 Å². The Kier molecular flexibility index (Phi) is 6.19. The van der Waals surface area contributed by atoms with Gasteiger partial charge in [0.2, 0.25) is 0 Å². The van der Waals surface area contributed by atoms with Crippen molar-refractivity contribution in [2.75, 3.05) is 25.0 Å². The largest absolute Gasteiger partial charge is 0.383 e. The molecule has 0 aromatic heterocycles. The van der Waals surface area contributed by atoms with Gasteiger partial charge in [0.1, 0.15) is 0 Å². The van der Waals surface area contributed by atoms with Crippen molar-refractivity contribution in [2.45, 2.75) is 4.90 Å². The zero-order chi connectivity index (χ0) is 17.6. The number of anilines is 1. The summed E-state index contributed by atoms with van der Waals surface area (Å²) in [6.45, 7) is 0.719. The van der Waals surface area contributed by atoms with E-state index in [1.165, 1.54) is 25.3 Å². The summed E-state index contributed by atoms with van der Waals surface area (Å²) in [5, 5.41) is 3.15. The van der Waals surface area contributed by atoms with E-state index < -0.39 is 10.0 Å². The van der Waals surface area contributed by atoms with Gasteiger partial charge >= 0.3 is 0 Å². The van der Waals surface area contributed by atoms with E-state index in [2.05, 4.69) is 10.0 Å². The molecule has 24 heavy (non-hydrogen) atoms. The first-order valence-corrected chi connectivity index (χ1v) is 8.94. The van der Waals surface area contributed by atoms with Crippen molar-refractivity contribution in [1.82, 2.24) is 5.32 Å². The van der Waals surface area contributed by atoms with Crippen LogP contribution in [0.4, 0.5) is 5.69 Å². The highest BCUT2D eigenvalue weighted by Crippen LogP contribution is 2.19. The molecular formula is C16H17ClN2O4S. The van der Waals surface area contributed by atoms with Crippen LogP contribution >= 0.6 is 11.6 Å². The van der Waals surface area contributed by atoms with Gasteiger partial charge in [0.15, 0.2) is 0 Å². The molecule has 0 fully saturated rings. The Balaban J connectivity index is 2.17. The van der Waals surface area contributed by atoms with Gasteiger partial charge in [-0.2, -0.15) is 0 Å². The monoisotopic (exact) mass is 368 g/mol. The molecule has 0 aliphatic heterocycles. The number of rotatable bonds is 7. The predicted molar refractivity (Wildman–Crippen MR) is 92.9 cm³/mol. The summed E-state index contributed by atoms with van der Waals surface area (Å²) in [5.41, 5.74) is 0.638. The molecule has 0 heterocycles. The minimum atomic E-state index is -3.81. The average Bonchev–Trinajstić information content (AvgIpc) is 2.57. The first-order valence-electron chi connectivity index (χ1n) is 7.08. The van der Waals surface area contributed by atoms with E-state index in [9.17, 15) is 13.2 Å². The Bertz CT molecular complexity index is 807. The number of halogens is 1. The normalized spacial score (nSPS) is 11.1. The highest BCUT2D eigenvalue weighted by molar-refractivity contribution is 7.92. The molecule has 2 aromatic carbocycles. The number of carbonyl (C=O) groups excluding carboxylic acids is 1. The van der Waals surface area contributed by atoms with E-state index in [-0.39, 0.29) is 16.4 Å². The van der Waals surface area contributed by atoms with Crippen LogP contribution in [0.25, 0.3) is 0 Å². The van der Waals surface area contributed by atoms with Crippen LogP contribution in [-0.2, 0) is 14.8 Å². The molecule has 2 rings (SSSR count). The van der Waals surface area contributed by atoms with E-state index in [1.807, 2.05) is 0 Å². The van der Waals surface area contributed by atoms with Crippen LogP contribution in [0.5, 0.6) is 0 Å². The lowest BCUT2D eigenvalue weighted by Crippen LogP contribution is -2.27. The Morgan fingerprint density at radius 2 is 1.88 bits per heavy atom. The average molecular weight is 369 g/mol. The Morgan fingerprint density at radius 1 is 1.17 bits per heavy atom. The Labute approximate surface area is 145 Å². The molecule has 0 radical (unpaired) electrons. The highest BCUT2D eigenvalue weighted by atomic mass is 35.5. The molecule has 0 spiro atoms. The standard InChI is InChI=1S/C16H17ClN2O4S/c1-23-10-9-18-16(20)12-3-2-4-15(11-12)24(21,22)19-14-7-5-13(17)6-8-14/h2-8,11,19H,9-10H2,1H3,(H,18,20). The molecule has 2 aromatic rings. The van der Waals surface area contributed by atoms with Crippen molar-refractivity contribution >= 4 is 33.2 Å². The third-order valence-corrected chi connectivity index (χ3v) is 4.73. The summed E-state index contributed by atoms with van der Waals surface area (Å²) in [6.07, 6.45) is 0. The van der Waals surface area contributed by atoms with E-state index in [0.717, 1.165) is 0 Å². The van der Waals surface area contributed by atoms with Crippen LogP contribution in [0, 0.1) is 0 Å². The van der Waals surface area contributed by atoms with Crippen LogP contribution in [-0.4, -0.2) is 34.6 Å². The lowest BCUT2D eigenvalue weighted by Gasteiger charge is -2.10. The van der Waals surface area contributed by atoms with Crippen LogP contribution in [0.3, 0.4) is 0 Å². The molecule has 6 nitrogen and oxygen atoms in total. The van der Waals surface area contributed by atoms with Crippen LogP contribution < -0.4 is 10.0 Å². The van der Waals surface area contributed by atoms with Gasteiger partial charge in [0.05, 0.1) is 11.5 Å². The molecular weight excluding hydrogens is 352 g/mol. The van der Waals surface area contributed by atoms with Gasteiger partial charge in [-0.15, -0.1) is 0 Å². The topological polar surface area (TPSA) is 84.5 Å². The van der Waals surface area contributed by atoms with Gasteiger partial charge in [0.25, 0.3) is 15.9 Å². The maximum atomic E-state index is 12.4. The Morgan fingerprint density at radius 3 is 2.54 bits per heavy atom. The predicted octanol–water partition coefficient (Wildman–Crippen LogP) is 2.52. The number of hydrogen-bond acceptors (Lipinski definition) is 4. The number of hydrogen-bond donors (Lipinski definition) is 2. The second kappa shape index (κ2) is 8.14. The van der Waals surface area contributed by atoms with Gasteiger partial charge in [-0.25, -0.2) is 8.42 Å². The maximum absolute atomic E-state index is 12.4. The first-order chi connectivity index (χ1) is 11.4. The number of carbonyl (C=O) groups is 1. The fourth-order valence-electron chi connectivity index (χ4n) is 1.91. The van der Waals surface area contributed by atoms with E-state index in [0.29, 0.717) is 23.9 Å². The summed E-state index contributed by atoms with van der Waals surface area (Å²) in [7, 11) is -2.28. The summed E-state index contributed by atoms with van der Waals surface area (Å²) in [4.78, 5) is 12.0. The van der Waals surface area contributed by atoms with Crippen molar-refractivity contribution in [3.05, 3.63) is 59.1 Å². The van der Waals surface area contributed by atoms with Crippen molar-refractivity contribution in [3.8, 4) is 0 Å². The molecule has 1 amide bonds. The minimum Gasteiger partial charge on any atom is -0.383 e. The van der Waals surface area contributed by atoms with E-state index in [4.69, 9.17) is 16.3 Å². The number of nitrogens with one attached hydrogen (secondary N) is 2. The van der Waals surface area contributed by atoms with Crippen molar-refractivity contribution in [1.29, 1.82) is 0 Å². The Hall–Kier alpha value is -2.09. The SMILES string of the molecule is COCCNC(=O)c1cccc(S(=O)(=O)Nc2ccc(Cl)cc2)c1. The summed E-state index contributed by atoms with van der Waals surface area (Å²) in [6, 6.07) is 12.1. The highest BCUT2D eigenvalue weighted by Gasteiger charge is 2.16. The lowest BCUT2D eigenvalue weighted by atomic mass is 10.2. The van der Waals surface area contributed by atoms with Crippen molar-refractivity contribution in [2.24, 2.45) is 0 Å². The third kappa shape index (κ3) is 4.95. The summed E-state index contributed by atoms with van der Waals surface area (Å²) >= 11 is 5.78. The fraction of sp³-hybridized carbons (Fsp3) is 0.188. The first kappa shape index (κ1) is 18.3. The number of sulfonamides is 1. The summed E-state index contributed by atoms with van der Waals surface area (Å²) < 4.78 is 32.1. The minimum absolute atomic E-state index is 0.00292. The third-order valence-electron chi connectivity index (χ3n) is 3.09. The molecule has 128 valence electrons.